The number of aryl methyl sites for hydroxylation is 1. The van der Waals surface area contributed by atoms with Crippen LogP contribution >= 0.6 is 0 Å². The first-order chi connectivity index (χ1) is 12.1. The number of unbranched alkanes of at least 4 members (excludes halogenated alkanes) is 1. The number of aromatic hydroxyl groups is 1. The van der Waals surface area contributed by atoms with Crippen molar-refractivity contribution in [3.63, 3.8) is 0 Å². The summed E-state index contributed by atoms with van der Waals surface area (Å²) in [4.78, 5) is 0. The van der Waals surface area contributed by atoms with Gasteiger partial charge in [-0.15, -0.1) is 0 Å². The zero-order valence-corrected chi connectivity index (χ0v) is 16.5. The predicted octanol–water partition coefficient (Wildman–Crippen LogP) is 7.22. The van der Waals surface area contributed by atoms with Crippen LogP contribution in [-0.4, -0.2) is 5.11 Å². The second kappa shape index (κ2) is 9.27. The Labute approximate surface area is 154 Å². The molecule has 2 aromatic carbocycles. The van der Waals surface area contributed by atoms with E-state index in [1.807, 2.05) is 18.2 Å². The molecule has 0 amide bonds. The van der Waals surface area contributed by atoms with Crippen LogP contribution in [0.15, 0.2) is 30.3 Å². The summed E-state index contributed by atoms with van der Waals surface area (Å²) in [5, 5.41) is 12.8. The van der Waals surface area contributed by atoms with Crippen molar-refractivity contribution in [2.45, 2.75) is 84.5 Å². The lowest BCUT2D eigenvalue weighted by Crippen LogP contribution is -2.29. The molecule has 0 aliphatic carbocycles. The highest BCUT2D eigenvalue weighted by molar-refractivity contribution is 5.93. The van der Waals surface area contributed by atoms with Gasteiger partial charge < -0.3 is 5.11 Å². The monoisotopic (exact) mass is 338 g/mol. The average Bonchev–Trinajstić information content (AvgIpc) is 2.61. The topological polar surface area (TPSA) is 20.2 Å². The quantitative estimate of drug-likeness (QED) is 0.485. The maximum absolute atomic E-state index is 10.6. The molecule has 0 atom stereocenters. The lowest BCUT2D eigenvalue weighted by Gasteiger charge is -2.37. The third-order valence-corrected chi connectivity index (χ3v) is 5.17. The van der Waals surface area contributed by atoms with Gasteiger partial charge in [-0.1, -0.05) is 77.6 Å². The summed E-state index contributed by atoms with van der Waals surface area (Å²) in [5.74, 6) is 0.417. The van der Waals surface area contributed by atoms with Gasteiger partial charge in [0.25, 0.3) is 0 Å². The first kappa shape index (κ1) is 19.8. The second-order valence-corrected chi connectivity index (χ2v) is 7.23. The van der Waals surface area contributed by atoms with E-state index >= 15 is 0 Å². The molecule has 0 spiro atoms. The summed E-state index contributed by atoms with van der Waals surface area (Å²) in [6.07, 6.45) is 12.8. The molecule has 2 radical (unpaired) electrons. The molecule has 136 valence electrons. The number of phenolic OH excluding ortho intramolecular Hbond substituents is 1. The maximum Gasteiger partial charge on any atom is 0.123 e. The molecule has 2 rings (SSSR count). The zero-order chi connectivity index (χ0) is 18.3. The van der Waals surface area contributed by atoms with Gasteiger partial charge >= 0.3 is 0 Å². The van der Waals surface area contributed by atoms with Crippen molar-refractivity contribution in [2.75, 3.05) is 0 Å². The van der Waals surface area contributed by atoms with Gasteiger partial charge in [0.2, 0.25) is 0 Å². The van der Waals surface area contributed by atoms with Crippen LogP contribution in [0.2, 0.25) is 0 Å². The zero-order valence-electron chi connectivity index (χ0n) is 16.5. The molecule has 0 heterocycles. The summed E-state index contributed by atoms with van der Waals surface area (Å²) < 4.78 is 0. The lowest BCUT2D eigenvalue weighted by atomic mass is 9.67. The summed E-state index contributed by atoms with van der Waals surface area (Å²) in [5.41, 5.74) is 2.74. The molecule has 0 saturated heterocycles. The van der Waals surface area contributed by atoms with Gasteiger partial charge in [-0.05, 0) is 54.7 Å². The van der Waals surface area contributed by atoms with E-state index in [1.54, 1.807) is 0 Å². The Kier molecular flexibility index (Phi) is 7.35. The Hall–Kier alpha value is -1.50. The number of hydrogen-bond donors (Lipinski definition) is 1. The first-order valence-corrected chi connectivity index (χ1v) is 10.1. The maximum atomic E-state index is 10.6. The summed E-state index contributed by atoms with van der Waals surface area (Å²) in [6, 6.07) is 10.4. The fraction of sp³-hybridized carbons (Fsp3) is 0.542. The van der Waals surface area contributed by atoms with E-state index < -0.39 is 0 Å². The fourth-order valence-electron chi connectivity index (χ4n) is 4.30. The molecule has 0 fully saturated rings. The fourth-order valence-corrected chi connectivity index (χ4v) is 4.30. The summed E-state index contributed by atoms with van der Waals surface area (Å²) in [7, 11) is 0. The van der Waals surface area contributed by atoms with Crippen molar-refractivity contribution in [1.29, 1.82) is 0 Å². The van der Waals surface area contributed by atoms with Gasteiger partial charge in [-0.25, -0.2) is 0 Å². The van der Waals surface area contributed by atoms with Crippen molar-refractivity contribution in [2.24, 2.45) is 0 Å². The molecule has 1 N–H and O–H groups in total. The Morgan fingerprint density at radius 1 is 0.880 bits per heavy atom. The molecular formula is C24H34O. The van der Waals surface area contributed by atoms with E-state index in [1.165, 1.54) is 16.5 Å². The highest BCUT2D eigenvalue weighted by Gasteiger charge is 2.34. The second-order valence-electron chi connectivity index (χ2n) is 7.23. The van der Waals surface area contributed by atoms with Crippen molar-refractivity contribution in [3.8, 4) is 5.75 Å². The summed E-state index contributed by atoms with van der Waals surface area (Å²) in [6.45, 7) is 9.01. The van der Waals surface area contributed by atoms with E-state index in [9.17, 15) is 5.11 Å². The van der Waals surface area contributed by atoms with Crippen LogP contribution in [0.5, 0.6) is 5.75 Å². The van der Waals surface area contributed by atoms with Gasteiger partial charge in [0.05, 0.1) is 0 Å². The largest absolute Gasteiger partial charge is 0.507 e. The molecular weight excluding hydrogens is 304 g/mol. The van der Waals surface area contributed by atoms with E-state index in [0.29, 0.717) is 5.75 Å². The number of fused-ring (bicyclic) bond motifs is 1. The standard InChI is InChI=1S/C24H34O/c1-5-9-17-24(15-7-3,16-8-4)23-19(12-6-2)18-22(25)20-13-10-11-14-21(20)23/h10-11,13-14,18,25H,5-9,12,15-16H2,1-4H3. The molecule has 0 bridgehead atoms. The SMILES string of the molecule is CCC[C]C(CCC)(CCC)c1c(CCC)cc(O)c2ccccc12. The molecule has 0 unspecified atom stereocenters. The number of hydrogen-bond acceptors (Lipinski definition) is 1. The highest BCUT2D eigenvalue weighted by Crippen LogP contribution is 2.45. The molecule has 25 heavy (non-hydrogen) atoms. The van der Waals surface area contributed by atoms with E-state index in [-0.39, 0.29) is 5.41 Å². The predicted molar refractivity (Wildman–Crippen MR) is 109 cm³/mol. The third kappa shape index (κ3) is 4.19. The van der Waals surface area contributed by atoms with Crippen molar-refractivity contribution >= 4 is 10.8 Å². The normalized spacial score (nSPS) is 12.0. The Balaban J connectivity index is 2.78. The first-order valence-electron chi connectivity index (χ1n) is 10.1. The molecule has 2 aromatic rings. The lowest BCUT2D eigenvalue weighted by molar-refractivity contribution is 0.397. The average molecular weight is 339 g/mol. The van der Waals surface area contributed by atoms with E-state index in [2.05, 4.69) is 46.2 Å². The minimum Gasteiger partial charge on any atom is -0.507 e. The van der Waals surface area contributed by atoms with Crippen LogP contribution in [0.4, 0.5) is 0 Å². The number of rotatable bonds is 10. The highest BCUT2D eigenvalue weighted by atomic mass is 16.3. The van der Waals surface area contributed by atoms with Crippen LogP contribution in [0.3, 0.4) is 0 Å². The van der Waals surface area contributed by atoms with E-state index in [0.717, 1.165) is 56.8 Å². The Bertz CT molecular complexity index is 665. The third-order valence-electron chi connectivity index (χ3n) is 5.17. The van der Waals surface area contributed by atoms with Crippen molar-refractivity contribution in [1.82, 2.24) is 0 Å². The smallest absolute Gasteiger partial charge is 0.123 e. The number of phenols is 1. The molecule has 1 nitrogen and oxygen atoms in total. The van der Waals surface area contributed by atoms with Gasteiger partial charge in [-0.2, -0.15) is 0 Å². The van der Waals surface area contributed by atoms with Crippen molar-refractivity contribution in [3.05, 3.63) is 47.9 Å². The van der Waals surface area contributed by atoms with Gasteiger partial charge in [0.15, 0.2) is 0 Å². The summed E-state index contributed by atoms with van der Waals surface area (Å²) >= 11 is 0. The molecule has 1 heteroatoms. The van der Waals surface area contributed by atoms with Crippen LogP contribution in [0.25, 0.3) is 10.8 Å². The number of benzene rings is 2. The van der Waals surface area contributed by atoms with Gasteiger partial charge in [0, 0.05) is 10.8 Å². The molecule has 0 aromatic heterocycles. The molecule has 0 aliphatic heterocycles. The van der Waals surface area contributed by atoms with Crippen LogP contribution in [-0.2, 0) is 11.8 Å². The Morgan fingerprint density at radius 3 is 2.08 bits per heavy atom. The Morgan fingerprint density at radius 2 is 1.52 bits per heavy atom. The van der Waals surface area contributed by atoms with Gasteiger partial charge in [0.1, 0.15) is 5.75 Å². The van der Waals surface area contributed by atoms with Gasteiger partial charge in [-0.3, -0.25) is 0 Å². The van der Waals surface area contributed by atoms with Crippen LogP contribution < -0.4 is 0 Å². The molecule has 0 aliphatic rings. The van der Waals surface area contributed by atoms with E-state index in [4.69, 9.17) is 0 Å². The minimum absolute atomic E-state index is 0.00266. The molecule has 0 saturated carbocycles. The minimum atomic E-state index is -0.00266. The van der Waals surface area contributed by atoms with Crippen LogP contribution in [0.1, 0.15) is 83.8 Å². The van der Waals surface area contributed by atoms with Crippen molar-refractivity contribution < 1.29 is 5.11 Å². The van der Waals surface area contributed by atoms with Crippen LogP contribution in [0, 0.1) is 6.42 Å².